The largest absolute Gasteiger partial charge is 0.496 e. The monoisotopic (exact) mass is 276 g/mol. The highest BCUT2D eigenvalue weighted by Gasteiger charge is 2.14. The molecule has 0 radical (unpaired) electrons. The van der Waals surface area contributed by atoms with Crippen molar-refractivity contribution in [2.75, 3.05) is 13.7 Å². The average Bonchev–Trinajstić information content (AvgIpc) is 2.47. The van der Waals surface area contributed by atoms with Gasteiger partial charge in [0.1, 0.15) is 18.5 Å². The van der Waals surface area contributed by atoms with E-state index in [2.05, 4.69) is 0 Å². The fourth-order valence-electron chi connectivity index (χ4n) is 1.92. The van der Waals surface area contributed by atoms with Gasteiger partial charge in [0.2, 0.25) is 0 Å². The van der Waals surface area contributed by atoms with Crippen molar-refractivity contribution >= 4 is 0 Å². The van der Waals surface area contributed by atoms with Crippen LogP contribution >= 0.6 is 0 Å². The van der Waals surface area contributed by atoms with Crippen LogP contribution in [0.3, 0.4) is 0 Å². The van der Waals surface area contributed by atoms with Crippen LogP contribution in [-0.2, 0) is 0 Å². The Bertz CT molecular complexity index is 584. The van der Waals surface area contributed by atoms with Crippen LogP contribution < -0.4 is 9.47 Å². The topological polar surface area (TPSA) is 38.7 Å². The Kier molecular flexibility index (Phi) is 4.58. The normalized spacial score (nSPS) is 12.0. The molecular weight excluding hydrogens is 259 g/mol. The number of hydrogen-bond donors (Lipinski definition) is 1. The molecule has 0 aliphatic carbocycles. The van der Waals surface area contributed by atoms with Gasteiger partial charge in [0.05, 0.1) is 7.11 Å². The molecule has 0 saturated heterocycles. The Labute approximate surface area is 117 Å². The SMILES string of the molecule is COc1ccccc1C(O)COc1cc(C)ccc1F. The summed E-state index contributed by atoms with van der Waals surface area (Å²) in [5, 5.41) is 10.1. The van der Waals surface area contributed by atoms with E-state index in [4.69, 9.17) is 9.47 Å². The summed E-state index contributed by atoms with van der Waals surface area (Å²) in [5.74, 6) is 0.273. The number of ether oxygens (including phenoxy) is 2. The van der Waals surface area contributed by atoms with Gasteiger partial charge in [-0.3, -0.25) is 0 Å². The highest BCUT2D eigenvalue weighted by molar-refractivity contribution is 5.35. The summed E-state index contributed by atoms with van der Waals surface area (Å²) in [6.45, 7) is 1.81. The van der Waals surface area contributed by atoms with E-state index >= 15 is 0 Å². The molecule has 0 saturated carbocycles. The third-order valence-electron chi connectivity index (χ3n) is 2.98. The standard InChI is InChI=1S/C16H17FO3/c1-11-7-8-13(17)16(9-11)20-10-14(18)12-5-3-4-6-15(12)19-2/h3-9,14,18H,10H2,1-2H3. The molecule has 1 atom stereocenters. The van der Waals surface area contributed by atoms with Gasteiger partial charge in [0, 0.05) is 5.56 Å². The maximum absolute atomic E-state index is 13.5. The lowest BCUT2D eigenvalue weighted by atomic mass is 10.1. The van der Waals surface area contributed by atoms with Gasteiger partial charge >= 0.3 is 0 Å². The molecule has 2 aromatic carbocycles. The Morgan fingerprint density at radius 1 is 1.15 bits per heavy atom. The smallest absolute Gasteiger partial charge is 0.165 e. The van der Waals surface area contributed by atoms with Crippen molar-refractivity contribution in [2.45, 2.75) is 13.0 Å². The van der Waals surface area contributed by atoms with E-state index in [1.54, 1.807) is 30.3 Å². The molecule has 0 heterocycles. The van der Waals surface area contributed by atoms with Crippen LogP contribution in [0.15, 0.2) is 42.5 Å². The summed E-state index contributed by atoms with van der Waals surface area (Å²) in [6.07, 6.45) is -0.883. The van der Waals surface area contributed by atoms with Crippen LogP contribution in [0, 0.1) is 12.7 Å². The third kappa shape index (κ3) is 3.27. The van der Waals surface area contributed by atoms with Gasteiger partial charge in [0.25, 0.3) is 0 Å². The molecule has 1 unspecified atom stereocenters. The second-order valence-corrected chi connectivity index (χ2v) is 4.50. The highest BCUT2D eigenvalue weighted by Crippen LogP contribution is 2.26. The van der Waals surface area contributed by atoms with Gasteiger partial charge in [-0.2, -0.15) is 0 Å². The molecule has 0 aromatic heterocycles. The van der Waals surface area contributed by atoms with E-state index in [0.29, 0.717) is 11.3 Å². The Balaban J connectivity index is 2.08. The summed E-state index contributed by atoms with van der Waals surface area (Å²) in [5.41, 5.74) is 1.51. The maximum Gasteiger partial charge on any atom is 0.165 e. The van der Waals surface area contributed by atoms with Crippen molar-refractivity contribution in [3.05, 3.63) is 59.4 Å². The highest BCUT2D eigenvalue weighted by atomic mass is 19.1. The number of para-hydroxylation sites is 1. The van der Waals surface area contributed by atoms with Gasteiger partial charge in [0.15, 0.2) is 11.6 Å². The minimum Gasteiger partial charge on any atom is -0.496 e. The molecule has 2 aromatic rings. The summed E-state index contributed by atoms with van der Waals surface area (Å²) in [6, 6.07) is 11.7. The summed E-state index contributed by atoms with van der Waals surface area (Å²) >= 11 is 0. The molecule has 0 spiro atoms. The van der Waals surface area contributed by atoms with E-state index in [9.17, 15) is 9.50 Å². The van der Waals surface area contributed by atoms with Crippen LogP contribution in [0.25, 0.3) is 0 Å². The molecule has 0 aliphatic heterocycles. The first kappa shape index (κ1) is 14.3. The number of hydrogen-bond acceptors (Lipinski definition) is 3. The lowest BCUT2D eigenvalue weighted by Crippen LogP contribution is -2.11. The molecule has 1 N–H and O–H groups in total. The summed E-state index contributed by atoms with van der Waals surface area (Å²) in [4.78, 5) is 0. The van der Waals surface area contributed by atoms with E-state index < -0.39 is 11.9 Å². The fourth-order valence-corrected chi connectivity index (χ4v) is 1.92. The van der Waals surface area contributed by atoms with Gasteiger partial charge in [-0.25, -0.2) is 4.39 Å². The Hall–Kier alpha value is -2.07. The van der Waals surface area contributed by atoms with Crippen molar-refractivity contribution in [1.82, 2.24) is 0 Å². The second-order valence-electron chi connectivity index (χ2n) is 4.50. The molecule has 0 fully saturated rings. The summed E-state index contributed by atoms with van der Waals surface area (Å²) in [7, 11) is 1.53. The lowest BCUT2D eigenvalue weighted by molar-refractivity contribution is 0.103. The number of aliphatic hydroxyl groups is 1. The molecule has 2 rings (SSSR count). The number of rotatable bonds is 5. The third-order valence-corrected chi connectivity index (χ3v) is 2.98. The maximum atomic E-state index is 13.5. The Morgan fingerprint density at radius 2 is 1.90 bits per heavy atom. The number of aliphatic hydroxyl groups excluding tert-OH is 1. The van der Waals surface area contributed by atoms with Crippen molar-refractivity contribution in [3.8, 4) is 11.5 Å². The average molecular weight is 276 g/mol. The van der Waals surface area contributed by atoms with E-state index in [0.717, 1.165) is 5.56 Å². The van der Waals surface area contributed by atoms with Gasteiger partial charge in [-0.05, 0) is 30.7 Å². The molecule has 4 heteroatoms. The van der Waals surface area contributed by atoms with Gasteiger partial charge in [-0.1, -0.05) is 24.3 Å². The zero-order chi connectivity index (χ0) is 14.5. The van der Waals surface area contributed by atoms with Crippen molar-refractivity contribution in [3.63, 3.8) is 0 Å². The zero-order valence-electron chi connectivity index (χ0n) is 11.5. The summed E-state index contributed by atoms with van der Waals surface area (Å²) < 4.78 is 24.1. The minimum absolute atomic E-state index is 0.0409. The first-order valence-corrected chi connectivity index (χ1v) is 6.31. The Morgan fingerprint density at radius 3 is 2.65 bits per heavy atom. The zero-order valence-corrected chi connectivity index (χ0v) is 11.5. The first-order valence-electron chi connectivity index (χ1n) is 6.31. The predicted octanol–water partition coefficient (Wildman–Crippen LogP) is 3.26. The minimum atomic E-state index is -0.883. The van der Waals surface area contributed by atoms with Crippen molar-refractivity contribution in [2.24, 2.45) is 0 Å². The van der Waals surface area contributed by atoms with Gasteiger partial charge < -0.3 is 14.6 Å². The fraction of sp³-hybridized carbons (Fsp3) is 0.250. The van der Waals surface area contributed by atoms with Gasteiger partial charge in [-0.15, -0.1) is 0 Å². The van der Waals surface area contributed by atoms with Crippen LogP contribution in [0.2, 0.25) is 0 Å². The molecule has 0 amide bonds. The first-order chi connectivity index (χ1) is 9.61. The molecule has 0 bridgehead atoms. The van der Waals surface area contributed by atoms with Crippen molar-refractivity contribution in [1.29, 1.82) is 0 Å². The molecule has 20 heavy (non-hydrogen) atoms. The lowest BCUT2D eigenvalue weighted by Gasteiger charge is -2.16. The molecule has 106 valence electrons. The van der Waals surface area contributed by atoms with Crippen LogP contribution in [0.1, 0.15) is 17.2 Å². The van der Waals surface area contributed by atoms with Crippen LogP contribution in [0.4, 0.5) is 4.39 Å². The molecule has 0 aliphatic rings. The number of benzene rings is 2. The number of aryl methyl sites for hydroxylation is 1. The van der Waals surface area contributed by atoms with E-state index in [1.165, 1.54) is 13.2 Å². The quantitative estimate of drug-likeness (QED) is 0.911. The number of methoxy groups -OCH3 is 1. The molecular formula is C16H17FO3. The van der Waals surface area contributed by atoms with Crippen molar-refractivity contribution < 1.29 is 19.0 Å². The van der Waals surface area contributed by atoms with Crippen LogP contribution in [-0.4, -0.2) is 18.8 Å². The predicted molar refractivity (Wildman–Crippen MR) is 74.6 cm³/mol. The second kappa shape index (κ2) is 6.39. The van der Waals surface area contributed by atoms with E-state index in [-0.39, 0.29) is 12.4 Å². The van der Waals surface area contributed by atoms with E-state index in [1.807, 2.05) is 13.0 Å². The molecule has 3 nitrogen and oxygen atoms in total. The number of halogens is 1. The van der Waals surface area contributed by atoms with Crippen LogP contribution in [0.5, 0.6) is 11.5 Å².